The molecule has 5 aliphatic rings. The molecule has 3 atom stereocenters. The number of aromatic nitrogens is 3. The summed E-state index contributed by atoms with van der Waals surface area (Å²) in [7, 11) is 0. The fourth-order valence-electron chi connectivity index (χ4n) is 11.4. The molecule has 2 N–H and O–H groups in total. The number of rotatable bonds is 10. The molecule has 4 aromatic rings. The molecule has 1 aromatic heterocycles. The zero-order valence-electron chi connectivity index (χ0n) is 36.7. The summed E-state index contributed by atoms with van der Waals surface area (Å²) in [6.07, 6.45) is 2.49. The van der Waals surface area contributed by atoms with Gasteiger partial charge < -0.3 is 24.8 Å². The molecule has 9 rings (SSSR count). The number of likely N-dealkylation sites (tertiary alicyclic amines) is 2. The van der Waals surface area contributed by atoms with Gasteiger partial charge in [-0.25, -0.2) is 0 Å². The molecule has 3 aromatic carbocycles. The van der Waals surface area contributed by atoms with Gasteiger partial charge >= 0.3 is 0 Å². The number of amides is 4. The van der Waals surface area contributed by atoms with Crippen molar-refractivity contribution in [1.29, 1.82) is 5.26 Å². The summed E-state index contributed by atoms with van der Waals surface area (Å²) in [6, 6.07) is 19.5. The van der Waals surface area contributed by atoms with Crippen molar-refractivity contribution in [1.82, 2.24) is 35.4 Å². The van der Waals surface area contributed by atoms with Crippen molar-refractivity contribution < 1.29 is 23.9 Å². The van der Waals surface area contributed by atoms with Crippen LogP contribution in [0.5, 0.6) is 5.75 Å². The van der Waals surface area contributed by atoms with Crippen LogP contribution in [0.2, 0.25) is 5.02 Å². The van der Waals surface area contributed by atoms with Crippen LogP contribution in [0.4, 0.5) is 5.69 Å². The third-order valence-corrected chi connectivity index (χ3v) is 14.9. The topological polar surface area (TPSA) is 183 Å². The lowest BCUT2D eigenvalue weighted by atomic mass is 9.49. The molecule has 0 bridgehead atoms. The molecule has 15 nitrogen and oxygen atoms in total. The smallest absolute Gasteiger partial charge is 0.278 e. The van der Waals surface area contributed by atoms with Crippen LogP contribution < -0.4 is 25.8 Å². The minimum absolute atomic E-state index is 0.0370. The Balaban J connectivity index is 0.719. The van der Waals surface area contributed by atoms with Crippen LogP contribution in [0, 0.1) is 39.9 Å². The number of carbonyl (C=O) groups excluding carboxylic acids is 4. The van der Waals surface area contributed by atoms with Gasteiger partial charge in [-0.1, -0.05) is 56.6 Å². The number of imide groups is 1. The summed E-state index contributed by atoms with van der Waals surface area (Å²) in [6.45, 7) is 14.2. The summed E-state index contributed by atoms with van der Waals surface area (Å²) in [5.74, 6) is 0.710. The number of carbonyl (C=O) groups is 4. The number of benzene rings is 3. The first-order valence-corrected chi connectivity index (χ1v) is 22.7. The minimum atomic E-state index is -0.881. The molecule has 5 heterocycles. The molecular formula is C48H54ClN9O6. The van der Waals surface area contributed by atoms with Gasteiger partial charge in [-0.3, -0.25) is 29.3 Å². The lowest BCUT2D eigenvalue weighted by molar-refractivity contribution is -0.164. The van der Waals surface area contributed by atoms with E-state index in [0.717, 1.165) is 62.4 Å². The fraction of sp³-hybridized carbons (Fsp3) is 0.500. The second-order valence-electron chi connectivity index (χ2n) is 19.5. The first-order chi connectivity index (χ1) is 30.6. The second kappa shape index (κ2) is 16.9. The first kappa shape index (κ1) is 43.4. The predicted molar refractivity (Wildman–Crippen MR) is 240 cm³/mol. The normalized spacial score (nSPS) is 25.3. The van der Waals surface area contributed by atoms with Gasteiger partial charge in [0.2, 0.25) is 11.8 Å². The third-order valence-electron chi connectivity index (χ3n) is 14.6. The summed E-state index contributed by atoms with van der Waals surface area (Å²) in [5, 5.41) is 23.7. The lowest BCUT2D eigenvalue weighted by Crippen LogP contribution is -2.74. The highest BCUT2D eigenvalue weighted by atomic mass is 35.5. The molecule has 5 fully saturated rings. The van der Waals surface area contributed by atoms with Crippen molar-refractivity contribution in [3.8, 4) is 11.8 Å². The van der Waals surface area contributed by atoms with E-state index in [-0.39, 0.29) is 59.5 Å². The summed E-state index contributed by atoms with van der Waals surface area (Å²) in [5.41, 5.74) is 2.36. The van der Waals surface area contributed by atoms with Crippen LogP contribution in [0.1, 0.15) is 80.9 Å². The molecule has 0 spiro atoms. The molecule has 334 valence electrons. The Kier molecular flexibility index (Phi) is 11.5. The van der Waals surface area contributed by atoms with E-state index >= 15 is 0 Å². The van der Waals surface area contributed by atoms with Crippen molar-refractivity contribution in [2.24, 2.45) is 28.6 Å². The zero-order chi connectivity index (χ0) is 45.1. The average molecular weight is 888 g/mol. The average Bonchev–Trinajstić information content (AvgIpc) is 3.86. The van der Waals surface area contributed by atoms with E-state index in [9.17, 15) is 29.2 Å². The largest absolute Gasteiger partial charge is 0.489 e. The zero-order valence-corrected chi connectivity index (χ0v) is 37.4. The summed E-state index contributed by atoms with van der Waals surface area (Å²) in [4.78, 5) is 71.6. The molecular weight excluding hydrogens is 834 g/mol. The van der Waals surface area contributed by atoms with Gasteiger partial charge in [0.15, 0.2) is 0 Å². The molecule has 1 aliphatic carbocycles. The molecule has 1 saturated carbocycles. The van der Waals surface area contributed by atoms with Crippen LogP contribution in [0.25, 0.3) is 10.9 Å². The third kappa shape index (κ3) is 8.11. The van der Waals surface area contributed by atoms with Gasteiger partial charge in [-0.15, -0.1) is 5.10 Å². The maximum absolute atomic E-state index is 13.8. The maximum atomic E-state index is 13.8. The molecule has 64 heavy (non-hydrogen) atoms. The van der Waals surface area contributed by atoms with E-state index in [0.29, 0.717) is 57.7 Å². The Morgan fingerprint density at radius 1 is 0.922 bits per heavy atom. The SMILES string of the molecule is CC1(C)C(NC(=O)c2ccc(CCN3CC4CN(C(=O)C5CCN(c6ccc7nnn(C8CCC(=O)NC8=O)c(=O)c7c6)CC5)CC4C3)cc2)C(C)(C)C1Oc1ccc(C#N)c(Cl)c1. The van der Waals surface area contributed by atoms with Crippen molar-refractivity contribution in [3.05, 3.63) is 92.7 Å². The number of nitrogens with zero attached hydrogens (tertiary/aromatic N) is 7. The highest BCUT2D eigenvalue weighted by Gasteiger charge is 2.64. The lowest BCUT2D eigenvalue weighted by Gasteiger charge is -2.63. The highest BCUT2D eigenvalue weighted by Crippen LogP contribution is 2.55. The van der Waals surface area contributed by atoms with E-state index in [1.165, 1.54) is 5.56 Å². The molecule has 4 saturated heterocycles. The maximum Gasteiger partial charge on any atom is 0.278 e. The molecule has 16 heteroatoms. The van der Waals surface area contributed by atoms with Gasteiger partial charge in [0, 0.05) is 92.3 Å². The molecule has 3 unspecified atom stereocenters. The Labute approximate surface area is 377 Å². The summed E-state index contributed by atoms with van der Waals surface area (Å²) < 4.78 is 7.46. The monoisotopic (exact) mass is 887 g/mol. The van der Waals surface area contributed by atoms with E-state index in [1.54, 1.807) is 30.3 Å². The van der Waals surface area contributed by atoms with E-state index < -0.39 is 17.5 Å². The standard InChI is InChI=1S/C48H54ClN9O6/c1-47(2)45(48(3,4)46(47)64-35-11-9-31(23-50)37(49)22-35)52-41(60)29-7-5-28(6-8-29)15-18-55-24-32-26-57(27-33(32)25-55)43(62)30-16-19-56(20-17-30)34-10-12-38-36(21-34)44(63)58(54-53-38)39-13-14-40(59)51-42(39)61/h5-12,21-22,30,32-33,39,45-46H,13-20,24-27H2,1-4H3,(H,52,60)(H,51,59,61). The first-order valence-electron chi connectivity index (χ1n) is 22.4. The van der Waals surface area contributed by atoms with Gasteiger partial charge in [-0.2, -0.15) is 9.94 Å². The van der Waals surface area contributed by atoms with Crippen LogP contribution in [0.3, 0.4) is 0 Å². The number of halogens is 1. The Morgan fingerprint density at radius 2 is 1.62 bits per heavy atom. The number of fused-ring (bicyclic) bond motifs is 2. The second-order valence-corrected chi connectivity index (χ2v) is 19.9. The predicted octanol–water partition coefficient (Wildman–Crippen LogP) is 4.76. The Hall–Kier alpha value is -5.85. The van der Waals surface area contributed by atoms with Gasteiger partial charge in [0.25, 0.3) is 17.4 Å². The van der Waals surface area contributed by atoms with E-state index in [1.807, 2.05) is 30.3 Å². The molecule has 4 amide bonds. The Morgan fingerprint density at radius 3 is 2.28 bits per heavy atom. The van der Waals surface area contributed by atoms with Crippen LogP contribution in [0.15, 0.2) is 65.5 Å². The van der Waals surface area contributed by atoms with Crippen molar-refractivity contribution in [2.75, 3.05) is 50.7 Å². The van der Waals surface area contributed by atoms with Crippen LogP contribution >= 0.6 is 11.6 Å². The number of anilines is 1. The van der Waals surface area contributed by atoms with Gasteiger partial charge in [0.05, 0.1) is 16.0 Å². The van der Waals surface area contributed by atoms with Crippen molar-refractivity contribution >= 4 is 51.8 Å². The van der Waals surface area contributed by atoms with E-state index in [4.69, 9.17) is 16.3 Å². The quantitative estimate of drug-likeness (QED) is 0.210. The number of hydrogen-bond donors (Lipinski definition) is 2. The van der Waals surface area contributed by atoms with Crippen molar-refractivity contribution in [3.63, 3.8) is 0 Å². The minimum Gasteiger partial charge on any atom is -0.489 e. The van der Waals surface area contributed by atoms with Crippen LogP contribution in [-0.2, 0) is 20.8 Å². The molecule has 4 aliphatic heterocycles. The highest BCUT2D eigenvalue weighted by molar-refractivity contribution is 6.31. The number of nitrogens with one attached hydrogen (secondary N) is 2. The number of nitriles is 1. The summed E-state index contributed by atoms with van der Waals surface area (Å²) >= 11 is 6.26. The number of piperidine rings is 2. The van der Waals surface area contributed by atoms with Crippen molar-refractivity contribution in [2.45, 2.75) is 78.0 Å². The van der Waals surface area contributed by atoms with Gasteiger partial charge in [-0.05, 0) is 85.5 Å². The number of hydrogen-bond acceptors (Lipinski definition) is 11. The fourth-order valence-corrected chi connectivity index (χ4v) is 11.6. The van der Waals surface area contributed by atoms with Crippen LogP contribution in [-0.4, -0.2) is 106 Å². The Bertz CT molecular complexity index is 2590. The van der Waals surface area contributed by atoms with Gasteiger partial charge in [0.1, 0.15) is 29.5 Å². The molecule has 0 radical (unpaired) electrons. The number of ether oxygens (including phenoxy) is 1. The van der Waals surface area contributed by atoms with E-state index in [2.05, 4.69) is 69.4 Å².